The van der Waals surface area contributed by atoms with Gasteiger partial charge in [-0.25, -0.2) is 9.78 Å². The first-order chi connectivity index (χ1) is 10.9. The first kappa shape index (κ1) is 17.3. The Morgan fingerprint density at radius 2 is 2.30 bits per heavy atom. The summed E-state index contributed by atoms with van der Waals surface area (Å²) < 4.78 is 46.1. The number of halogens is 3. The molecule has 2 rings (SSSR count). The molecule has 0 radical (unpaired) electrons. The van der Waals surface area contributed by atoms with Gasteiger partial charge in [0.1, 0.15) is 0 Å². The van der Waals surface area contributed by atoms with Gasteiger partial charge in [-0.15, -0.1) is 0 Å². The van der Waals surface area contributed by atoms with Crippen LogP contribution >= 0.6 is 0 Å². The highest BCUT2D eigenvalue weighted by atomic mass is 19.4. The van der Waals surface area contributed by atoms with Crippen LogP contribution in [0.15, 0.2) is 18.3 Å². The summed E-state index contributed by atoms with van der Waals surface area (Å²) in [5.74, 6) is -0.155. The number of ether oxygens (including phenoxy) is 2. The molecular formula is C14H18F3N3O3. The highest BCUT2D eigenvalue weighted by molar-refractivity contribution is 5.89. The number of hydrogen-bond donors (Lipinski definition) is 1. The molecule has 2 heterocycles. The summed E-state index contributed by atoms with van der Waals surface area (Å²) in [6.45, 7) is 2.05. The largest absolute Gasteiger partial charge is 0.468 e. The van der Waals surface area contributed by atoms with Gasteiger partial charge >= 0.3 is 12.2 Å². The zero-order valence-electron chi connectivity index (χ0n) is 12.6. The summed E-state index contributed by atoms with van der Waals surface area (Å²) in [6, 6.07) is 2.42. The van der Waals surface area contributed by atoms with Crippen LogP contribution in [0.4, 0.5) is 23.7 Å². The number of alkyl halides is 3. The second-order valence-corrected chi connectivity index (χ2v) is 5.07. The molecule has 1 atom stereocenters. The van der Waals surface area contributed by atoms with Crippen molar-refractivity contribution < 1.29 is 27.4 Å². The number of carbonyl (C=O) groups excluding carboxylic acids is 1. The molecule has 1 aliphatic heterocycles. The molecule has 1 aromatic heterocycles. The Labute approximate surface area is 131 Å². The zero-order chi connectivity index (χ0) is 16.9. The molecule has 1 aromatic rings. The van der Waals surface area contributed by atoms with Gasteiger partial charge in [-0.1, -0.05) is 6.92 Å². The maximum atomic E-state index is 12.1. The van der Waals surface area contributed by atoms with E-state index in [1.807, 2.05) is 6.92 Å². The minimum atomic E-state index is -4.42. The van der Waals surface area contributed by atoms with Crippen molar-refractivity contribution in [3.63, 3.8) is 0 Å². The summed E-state index contributed by atoms with van der Waals surface area (Å²) in [6.07, 6.45) is -2.33. The van der Waals surface area contributed by atoms with Gasteiger partial charge in [0.2, 0.25) is 5.88 Å². The molecule has 6 nitrogen and oxygen atoms in total. The smallest absolute Gasteiger partial charge is 0.422 e. The number of hydrogen-bond acceptors (Lipinski definition) is 4. The minimum Gasteiger partial charge on any atom is -0.468 e. The summed E-state index contributed by atoms with van der Waals surface area (Å²) in [5, 5.41) is 2.65. The number of pyridine rings is 1. The van der Waals surface area contributed by atoms with Crippen molar-refractivity contribution in [2.24, 2.45) is 0 Å². The highest BCUT2D eigenvalue weighted by Crippen LogP contribution is 2.18. The third-order valence-electron chi connectivity index (χ3n) is 3.25. The fraction of sp³-hybridized carbons (Fsp3) is 0.571. The van der Waals surface area contributed by atoms with Crippen molar-refractivity contribution >= 4 is 11.7 Å². The summed E-state index contributed by atoms with van der Waals surface area (Å²) in [5.41, 5.74) is 0.383. The molecule has 1 saturated heterocycles. The molecule has 0 spiro atoms. The Balaban J connectivity index is 1.86. The third kappa shape index (κ3) is 5.59. The fourth-order valence-electron chi connectivity index (χ4n) is 2.05. The second kappa shape index (κ2) is 7.49. The topological polar surface area (TPSA) is 63.7 Å². The van der Waals surface area contributed by atoms with Crippen LogP contribution in [0.1, 0.15) is 13.3 Å². The van der Waals surface area contributed by atoms with E-state index < -0.39 is 12.8 Å². The Morgan fingerprint density at radius 1 is 1.52 bits per heavy atom. The van der Waals surface area contributed by atoms with Crippen LogP contribution in [0.5, 0.6) is 5.88 Å². The van der Waals surface area contributed by atoms with Crippen LogP contribution < -0.4 is 10.1 Å². The van der Waals surface area contributed by atoms with Crippen molar-refractivity contribution in [3.8, 4) is 5.88 Å². The number of carbonyl (C=O) groups is 1. The van der Waals surface area contributed by atoms with Crippen LogP contribution in [-0.4, -0.2) is 54.5 Å². The lowest BCUT2D eigenvalue weighted by Gasteiger charge is -2.32. The molecule has 0 unspecified atom stereocenters. The van der Waals surface area contributed by atoms with Crippen molar-refractivity contribution in [2.75, 3.05) is 31.6 Å². The molecule has 1 fully saturated rings. The molecule has 128 valence electrons. The fourth-order valence-corrected chi connectivity index (χ4v) is 2.05. The minimum absolute atomic E-state index is 0.0192. The highest BCUT2D eigenvalue weighted by Gasteiger charge is 2.28. The second-order valence-electron chi connectivity index (χ2n) is 5.07. The predicted molar refractivity (Wildman–Crippen MR) is 76.4 cm³/mol. The van der Waals surface area contributed by atoms with Crippen molar-refractivity contribution in [1.29, 1.82) is 0 Å². The van der Waals surface area contributed by atoms with E-state index >= 15 is 0 Å². The van der Waals surface area contributed by atoms with Gasteiger partial charge in [0.15, 0.2) is 6.61 Å². The van der Waals surface area contributed by atoms with Crippen LogP contribution in [0, 0.1) is 0 Å². The van der Waals surface area contributed by atoms with Gasteiger partial charge in [0.05, 0.1) is 24.6 Å². The molecule has 0 aromatic carbocycles. The molecule has 9 heteroatoms. The Hall–Kier alpha value is -2.03. The van der Waals surface area contributed by atoms with Crippen molar-refractivity contribution in [2.45, 2.75) is 25.6 Å². The maximum Gasteiger partial charge on any atom is 0.422 e. The maximum absolute atomic E-state index is 12.1. The van der Waals surface area contributed by atoms with Crippen molar-refractivity contribution in [1.82, 2.24) is 9.88 Å². The standard InChI is InChI=1S/C14H18F3N3O3/c1-2-11-8-20(5-6-22-11)13(21)19-10-3-4-12(18-7-10)23-9-14(15,16)17/h3-4,7,11H,2,5-6,8-9H2,1H3,(H,19,21)/t11-/m0/s1. The Bertz CT molecular complexity index is 522. The van der Waals surface area contributed by atoms with E-state index in [1.165, 1.54) is 18.3 Å². The molecule has 23 heavy (non-hydrogen) atoms. The SMILES string of the molecule is CC[C@H]1CN(C(=O)Nc2ccc(OCC(F)(F)F)nc2)CCO1. The van der Waals surface area contributed by atoms with Gasteiger partial charge in [0.25, 0.3) is 0 Å². The number of rotatable bonds is 4. The first-order valence-corrected chi connectivity index (χ1v) is 7.20. The first-order valence-electron chi connectivity index (χ1n) is 7.20. The van der Waals surface area contributed by atoms with Crippen molar-refractivity contribution in [3.05, 3.63) is 18.3 Å². The molecule has 0 aliphatic carbocycles. The molecule has 2 amide bonds. The van der Waals surface area contributed by atoms with Gasteiger partial charge in [-0.2, -0.15) is 13.2 Å². The number of morpholine rings is 1. The van der Waals surface area contributed by atoms with E-state index in [0.29, 0.717) is 25.4 Å². The van der Waals surface area contributed by atoms with Crippen LogP contribution in [0.25, 0.3) is 0 Å². The number of aromatic nitrogens is 1. The van der Waals surface area contributed by atoms with Gasteiger partial charge < -0.3 is 19.7 Å². The Morgan fingerprint density at radius 3 is 2.91 bits per heavy atom. The van der Waals surface area contributed by atoms with Crippen LogP contribution in [-0.2, 0) is 4.74 Å². The molecule has 0 bridgehead atoms. The van der Waals surface area contributed by atoms with E-state index in [1.54, 1.807) is 4.90 Å². The summed E-state index contributed by atoms with van der Waals surface area (Å²) in [7, 11) is 0. The monoisotopic (exact) mass is 333 g/mol. The Kier molecular flexibility index (Phi) is 5.64. The summed E-state index contributed by atoms with van der Waals surface area (Å²) in [4.78, 5) is 17.5. The van der Waals surface area contributed by atoms with Crippen LogP contribution in [0.3, 0.4) is 0 Å². The lowest BCUT2D eigenvalue weighted by Crippen LogP contribution is -2.47. The van der Waals surface area contributed by atoms with E-state index in [-0.39, 0.29) is 18.0 Å². The number of anilines is 1. The number of nitrogens with zero attached hydrogens (tertiary/aromatic N) is 2. The van der Waals surface area contributed by atoms with Gasteiger partial charge in [-0.05, 0) is 12.5 Å². The van der Waals surface area contributed by atoms with Crippen LogP contribution in [0.2, 0.25) is 0 Å². The average Bonchev–Trinajstić information content (AvgIpc) is 2.53. The predicted octanol–water partition coefficient (Wildman–Crippen LogP) is 2.67. The number of urea groups is 1. The molecule has 0 saturated carbocycles. The molecule has 1 aliphatic rings. The summed E-state index contributed by atoms with van der Waals surface area (Å²) >= 11 is 0. The molecule has 1 N–H and O–H groups in total. The van der Waals surface area contributed by atoms with E-state index in [4.69, 9.17) is 4.74 Å². The number of nitrogens with one attached hydrogen (secondary N) is 1. The normalized spacial score (nSPS) is 18.6. The lowest BCUT2D eigenvalue weighted by molar-refractivity contribution is -0.154. The third-order valence-corrected chi connectivity index (χ3v) is 3.25. The molecular weight excluding hydrogens is 315 g/mol. The average molecular weight is 333 g/mol. The van der Waals surface area contributed by atoms with E-state index in [2.05, 4.69) is 15.0 Å². The van der Waals surface area contributed by atoms with Gasteiger partial charge in [0, 0.05) is 19.2 Å². The van der Waals surface area contributed by atoms with E-state index in [9.17, 15) is 18.0 Å². The van der Waals surface area contributed by atoms with Gasteiger partial charge in [-0.3, -0.25) is 0 Å². The lowest BCUT2D eigenvalue weighted by atomic mass is 10.2. The number of amides is 2. The zero-order valence-corrected chi connectivity index (χ0v) is 12.6. The van der Waals surface area contributed by atoms with E-state index in [0.717, 1.165) is 6.42 Å². The quantitative estimate of drug-likeness (QED) is 0.920.